The van der Waals surface area contributed by atoms with Gasteiger partial charge in [-0.15, -0.1) is 0 Å². The summed E-state index contributed by atoms with van der Waals surface area (Å²) in [5, 5.41) is 40.2. The maximum Gasteiger partial charge on any atom is 0.382 e. The highest BCUT2D eigenvalue weighted by atomic mass is 32.2. The quantitative estimate of drug-likeness (QED) is 0.145. The summed E-state index contributed by atoms with van der Waals surface area (Å²) in [7, 11) is -7.95. The van der Waals surface area contributed by atoms with Crippen LogP contribution < -0.4 is 24.8 Å². The molecule has 1 aliphatic heterocycles. The van der Waals surface area contributed by atoms with Crippen molar-refractivity contribution in [1.29, 1.82) is 0 Å². The molecule has 4 rings (SSSR count). The van der Waals surface area contributed by atoms with Crippen LogP contribution in [0.2, 0.25) is 0 Å². The normalized spacial score (nSPS) is 23.8. The van der Waals surface area contributed by atoms with Gasteiger partial charge >= 0.3 is 10.3 Å². The van der Waals surface area contributed by atoms with Crippen molar-refractivity contribution < 1.29 is 47.1 Å². The van der Waals surface area contributed by atoms with Gasteiger partial charge in [-0.3, -0.25) is 0 Å². The first-order valence-electron chi connectivity index (χ1n) is 12.1. The number of benzene rings is 3. The van der Waals surface area contributed by atoms with Crippen molar-refractivity contribution >= 4 is 33.4 Å². The van der Waals surface area contributed by atoms with Crippen LogP contribution in [0.4, 0.5) is 0 Å². The van der Waals surface area contributed by atoms with E-state index in [4.69, 9.17) is 13.7 Å². The largest absolute Gasteiger partial charge is 0.394 e. The molecule has 5 atom stereocenters. The van der Waals surface area contributed by atoms with Crippen molar-refractivity contribution in [3.63, 3.8) is 0 Å². The van der Waals surface area contributed by atoms with Crippen LogP contribution in [0.3, 0.4) is 0 Å². The van der Waals surface area contributed by atoms with Crippen molar-refractivity contribution in [2.75, 3.05) is 19.8 Å². The molecule has 210 valence electrons. The van der Waals surface area contributed by atoms with Crippen LogP contribution in [0.25, 0.3) is 0 Å². The lowest BCUT2D eigenvalue weighted by Crippen LogP contribution is -2.59. The summed E-state index contributed by atoms with van der Waals surface area (Å²) in [6.45, 7) is -1.24. The van der Waals surface area contributed by atoms with Crippen molar-refractivity contribution in [1.82, 2.24) is 4.72 Å². The lowest BCUT2D eigenvalue weighted by Gasteiger charge is -2.39. The molecular formula is C26H30NO10PS. The van der Waals surface area contributed by atoms with E-state index >= 15 is 0 Å². The standard InChI is InChI=1S/C26H30NO10PS/c28-17-21-23(29)24(30)25(31)26(36-21)35-16-15-27-39(33,34)37-20-13-7-8-14-22(20)38(32,18-9-3-1-4-10-18)19-11-5-2-6-12-19/h1-14,21,23-31H,15-17H2/t21-,23-,24+,25+,26+/m1/s1. The van der Waals surface area contributed by atoms with Gasteiger partial charge < -0.3 is 38.6 Å². The van der Waals surface area contributed by atoms with Crippen molar-refractivity contribution in [2.24, 2.45) is 0 Å². The maximum atomic E-state index is 14.7. The van der Waals surface area contributed by atoms with Crippen LogP contribution in [-0.4, -0.2) is 79.3 Å². The fraction of sp³-hybridized carbons (Fsp3) is 0.308. The third-order valence-electron chi connectivity index (χ3n) is 6.16. The Morgan fingerprint density at radius 3 is 1.97 bits per heavy atom. The molecule has 0 unspecified atom stereocenters. The topological polar surface area (TPSA) is 172 Å². The molecule has 13 heteroatoms. The molecule has 0 bridgehead atoms. The summed E-state index contributed by atoms with van der Waals surface area (Å²) >= 11 is 0. The fourth-order valence-electron chi connectivity index (χ4n) is 4.19. The minimum atomic E-state index is -4.42. The average molecular weight is 580 g/mol. The molecule has 3 aromatic carbocycles. The number of hydrogen-bond acceptors (Lipinski definition) is 10. The molecule has 0 spiro atoms. The van der Waals surface area contributed by atoms with Crippen LogP contribution in [0.5, 0.6) is 5.75 Å². The Morgan fingerprint density at radius 2 is 1.38 bits per heavy atom. The van der Waals surface area contributed by atoms with Gasteiger partial charge in [0.1, 0.15) is 24.4 Å². The van der Waals surface area contributed by atoms with Gasteiger partial charge in [-0.05, 0) is 12.1 Å². The van der Waals surface area contributed by atoms with E-state index in [-0.39, 0.29) is 24.2 Å². The Hall–Kier alpha value is -2.64. The van der Waals surface area contributed by atoms with Gasteiger partial charge in [0.2, 0.25) is 0 Å². The Bertz CT molecular complexity index is 1330. The number of para-hydroxylation sites is 1. The van der Waals surface area contributed by atoms with Crippen LogP contribution in [-0.2, 0) is 24.3 Å². The minimum absolute atomic E-state index is 0.115. The van der Waals surface area contributed by atoms with E-state index in [0.29, 0.717) is 10.6 Å². The molecule has 3 aromatic rings. The molecule has 0 radical (unpaired) electrons. The zero-order valence-electron chi connectivity index (χ0n) is 20.7. The lowest BCUT2D eigenvalue weighted by atomic mass is 9.99. The predicted octanol–water partition coefficient (Wildman–Crippen LogP) is -0.644. The molecule has 1 saturated heterocycles. The molecule has 0 amide bonds. The molecule has 1 fully saturated rings. The fourth-order valence-corrected chi connectivity index (χ4v) is 7.79. The average Bonchev–Trinajstić information content (AvgIpc) is 2.95. The number of aliphatic hydroxyl groups is 4. The number of nitrogens with one attached hydrogen (secondary N) is 1. The molecule has 1 heterocycles. The van der Waals surface area contributed by atoms with Crippen molar-refractivity contribution in [3.8, 4) is 5.75 Å². The van der Waals surface area contributed by atoms with E-state index < -0.39 is 54.8 Å². The van der Waals surface area contributed by atoms with Gasteiger partial charge in [0, 0.05) is 17.2 Å². The van der Waals surface area contributed by atoms with E-state index in [1.165, 1.54) is 6.07 Å². The van der Waals surface area contributed by atoms with Crippen LogP contribution >= 0.6 is 7.14 Å². The summed E-state index contributed by atoms with van der Waals surface area (Å²) < 4.78 is 58.4. The van der Waals surface area contributed by atoms with Gasteiger partial charge in [0.25, 0.3) is 0 Å². The molecule has 11 nitrogen and oxygen atoms in total. The first kappa shape index (κ1) is 29.3. The summed E-state index contributed by atoms with van der Waals surface area (Å²) in [6.07, 6.45) is -7.35. The van der Waals surface area contributed by atoms with E-state index in [2.05, 4.69) is 4.72 Å². The van der Waals surface area contributed by atoms with Gasteiger partial charge in [-0.25, -0.2) is 0 Å². The monoisotopic (exact) mass is 579 g/mol. The molecular weight excluding hydrogens is 549 g/mol. The summed E-state index contributed by atoms with van der Waals surface area (Å²) in [4.78, 5) is 0. The summed E-state index contributed by atoms with van der Waals surface area (Å²) in [5.41, 5.74) is 0. The predicted molar refractivity (Wildman–Crippen MR) is 143 cm³/mol. The molecule has 5 N–H and O–H groups in total. The highest BCUT2D eigenvalue weighted by molar-refractivity contribution is 7.86. The Labute approximate surface area is 226 Å². The Balaban J connectivity index is 1.49. The second kappa shape index (κ2) is 12.7. The smallest absolute Gasteiger partial charge is 0.382 e. The number of hydrogen-bond donors (Lipinski definition) is 5. The third-order valence-corrected chi connectivity index (χ3v) is 10.2. The lowest BCUT2D eigenvalue weighted by molar-refractivity contribution is -0.300. The SMILES string of the molecule is O=P(c1ccccc1)(c1ccccc1)c1ccccc1OS(=O)(=O)NCCO[C@H]1O[C@H](CO)[C@@H](O)[C@H](O)[C@@H]1O. The van der Waals surface area contributed by atoms with Crippen LogP contribution in [0.15, 0.2) is 84.9 Å². The number of rotatable bonds is 11. The van der Waals surface area contributed by atoms with Crippen LogP contribution in [0, 0.1) is 0 Å². The van der Waals surface area contributed by atoms with Crippen molar-refractivity contribution in [3.05, 3.63) is 84.9 Å². The van der Waals surface area contributed by atoms with Gasteiger partial charge in [-0.1, -0.05) is 72.8 Å². The zero-order valence-corrected chi connectivity index (χ0v) is 22.4. The van der Waals surface area contributed by atoms with Crippen molar-refractivity contribution in [2.45, 2.75) is 30.7 Å². The van der Waals surface area contributed by atoms with Gasteiger partial charge in [-0.2, -0.15) is 13.1 Å². The third kappa shape index (κ3) is 6.58. The number of ether oxygens (including phenoxy) is 2. The second-order valence-electron chi connectivity index (χ2n) is 8.75. The zero-order chi connectivity index (χ0) is 28.0. The highest BCUT2D eigenvalue weighted by Gasteiger charge is 2.44. The molecule has 0 aromatic heterocycles. The molecule has 39 heavy (non-hydrogen) atoms. The maximum absolute atomic E-state index is 14.7. The second-order valence-corrected chi connectivity index (χ2v) is 12.8. The number of aliphatic hydroxyl groups excluding tert-OH is 4. The van der Waals surface area contributed by atoms with E-state index in [1.54, 1.807) is 78.9 Å². The summed E-state index contributed by atoms with van der Waals surface area (Å²) in [5.74, 6) is -0.115. The molecule has 0 saturated carbocycles. The molecule has 0 aliphatic carbocycles. The van der Waals surface area contributed by atoms with E-state index in [9.17, 15) is 33.4 Å². The highest BCUT2D eigenvalue weighted by Crippen LogP contribution is 2.45. The Morgan fingerprint density at radius 1 is 0.821 bits per heavy atom. The minimum Gasteiger partial charge on any atom is -0.394 e. The van der Waals surface area contributed by atoms with Gasteiger partial charge in [0.15, 0.2) is 19.2 Å². The molecule has 1 aliphatic rings. The van der Waals surface area contributed by atoms with Crippen LogP contribution in [0.1, 0.15) is 0 Å². The van der Waals surface area contributed by atoms with E-state index in [1.807, 2.05) is 0 Å². The van der Waals surface area contributed by atoms with Gasteiger partial charge in [0.05, 0.1) is 18.5 Å². The Kier molecular flexibility index (Phi) is 9.55. The summed E-state index contributed by atoms with van der Waals surface area (Å²) in [6, 6.07) is 23.7. The van der Waals surface area contributed by atoms with E-state index in [0.717, 1.165) is 0 Å². The first-order valence-corrected chi connectivity index (χ1v) is 15.2. The first-order chi connectivity index (χ1) is 18.7.